The number of carbonyl (C=O) groups is 2. The molecule has 2 aliphatic heterocycles. The number of nitrogens with zero attached hydrogens (tertiary/aromatic N) is 4. The number of pyridine rings is 1. The van der Waals surface area contributed by atoms with E-state index in [2.05, 4.69) is 55.4 Å². The molecule has 41 heavy (non-hydrogen) atoms. The zero-order valence-electron chi connectivity index (χ0n) is 25.5. The van der Waals surface area contributed by atoms with Gasteiger partial charge >= 0.3 is 0 Å². The maximum absolute atomic E-state index is 12.0. The molecule has 1 aliphatic carbocycles. The summed E-state index contributed by atoms with van der Waals surface area (Å²) in [5, 5.41) is 13.7. The molecule has 1 aromatic heterocycles. The molecule has 1 saturated carbocycles. The first-order valence-corrected chi connectivity index (χ1v) is 16.0. The number of amides is 2. The summed E-state index contributed by atoms with van der Waals surface area (Å²) >= 11 is 0. The van der Waals surface area contributed by atoms with Crippen LogP contribution >= 0.6 is 0 Å². The Balaban J connectivity index is 0.000000256. The zero-order chi connectivity index (χ0) is 31.3. The van der Waals surface area contributed by atoms with Crippen LogP contribution in [0.1, 0.15) is 64.8 Å². The van der Waals surface area contributed by atoms with Crippen molar-refractivity contribution >= 4 is 33.7 Å². The number of nitrogens with two attached hydrogens (primary N) is 2. The van der Waals surface area contributed by atoms with Gasteiger partial charge in [-0.05, 0) is 40.2 Å². The minimum absolute atomic E-state index is 0.0102. The van der Waals surface area contributed by atoms with E-state index in [1.54, 1.807) is 11.0 Å². The van der Waals surface area contributed by atoms with Gasteiger partial charge < -0.3 is 20.5 Å². The van der Waals surface area contributed by atoms with Crippen molar-refractivity contribution in [2.45, 2.75) is 73.4 Å². The van der Waals surface area contributed by atoms with E-state index >= 15 is 0 Å². The molecule has 1 aromatic rings. The van der Waals surface area contributed by atoms with Crippen LogP contribution in [-0.2, 0) is 38.7 Å². The number of nitrogens with one attached hydrogen (secondary N) is 1. The number of H-pyrrole nitrogens is 1. The van der Waals surface area contributed by atoms with E-state index in [1.165, 1.54) is 13.2 Å². The Bertz CT molecular complexity index is 1330. The average molecular weight is 590 g/mol. The Hall–Kier alpha value is -3.17. The topological polar surface area (TPSA) is 179 Å². The van der Waals surface area contributed by atoms with Crippen molar-refractivity contribution in [2.75, 3.05) is 25.9 Å². The quantitative estimate of drug-likeness (QED) is 0.272. The van der Waals surface area contributed by atoms with Gasteiger partial charge in [0, 0.05) is 79.6 Å². The highest BCUT2D eigenvalue weighted by molar-refractivity contribution is 7.97. The number of hydrogen-bond acceptors (Lipinski definition) is 6. The molecule has 2 amide bonds. The number of carbonyl (C=O) groups excluding carboxylic acids is 2. The molecule has 2 fully saturated rings. The van der Waals surface area contributed by atoms with Crippen molar-refractivity contribution in [2.24, 2.45) is 38.5 Å². The molecule has 228 valence electrons. The van der Waals surface area contributed by atoms with Crippen molar-refractivity contribution in [3.63, 3.8) is 0 Å². The molecule has 3 unspecified atom stereocenters. The van der Waals surface area contributed by atoms with Gasteiger partial charge in [0.1, 0.15) is 6.04 Å². The number of hydrogen-bond donors (Lipinski definition) is 3. The molecular weight excluding hydrogens is 542 g/mol. The first-order valence-electron chi connectivity index (χ1n) is 13.8. The van der Waals surface area contributed by atoms with Crippen molar-refractivity contribution < 1.29 is 13.8 Å². The number of aliphatic imine (C=N–C) groups is 1. The molecule has 5 N–H and O–H groups in total. The summed E-state index contributed by atoms with van der Waals surface area (Å²) in [6.45, 7) is 15.7. The van der Waals surface area contributed by atoms with Crippen LogP contribution in [0.3, 0.4) is 0 Å². The van der Waals surface area contributed by atoms with Crippen molar-refractivity contribution in [1.82, 2.24) is 14.8 Å². The normalized spacial score (nSPS) is 22.5. The number of rotatable bonds is 4. The van der Waals surface area contributed by atoms with Crippen LogP contribution in [0.5, 0.6) is 0 Å². The van der Waals surface area contributed by atoms with Crippen molar-refractivity contribution in [1.29, 1.82) is 5.26 Å². The number of aromatic nitrogens is 1. The maximum Gasteiger partial charge on any atom is 0.251 e. The molecule has 3 aliphatic rings. The average Bonchev–Trinajstić information content (AvgIpc) is 3.16. The van der Waals surface area contributed by atoms with E-state index in [4.69, 9.17) is 16.1 Å². The van der Waals surface area contributed by atoms with Crippen LogP contribution < -0.4 is 16.4 Å². The third-order valence-corrected chi connectivity index (χ3v) is 7.72. The van der Waals surface area contributed by atoms with Crippen LogP contribution in [0.4, 0.5) is 0 Å². The van der Waals surface area contributed by atoms with Crippen molar-refractivity contribution in [3.8, 4) is 6.07 Å². The molecule has 0 spiro atoms. The standard InChI is InChI=1S/C14H17N5O2.C13H23NO.C2H7NOS/c1-9(20)19-3-2-13-11(7-19)4-10(14(21)18-13)5-12(6-15)17-8-16;1-12(2,3)6-11(15)14-7-9-10(8-14)13(9,4)5;1-5(2,3)4/h4,8,12H,2-3,5,7H2,1H3,(H2,16,17)(H,18,21);9-10H,6-8H2,1-5H3;1H2,2H3,(H2,3,4)/t;9-,10?;/m.0./s1. The van der Waals surface area contributed by atoms with E-state index in [-0.39, 0.29) is 23.3 Å². The molecule has 0 radical (unpaired) electrons. The van der Waals surface area contributed by atoms with Gasteiger partial charge in [-0.3, -0.25) is 28.7 Å². The smallest absolute Gasteiger partial charge is 0.251 e. The molecular formula is C29H47N7O4S. The number of likely N-dealkylation sites (tertiary alicyclic amines) is 1. The Morgan fingerprint density at radius 1 is 1.32 bits per heavy atom. The second kappa shape index (κ2) is 13.2. The molecule has 4 rings (SSSR count). The number of piperidine rings is 1. The Labute approximate surface area is 244 Å². The van der Waals surface area contributed by atoms with Gasteiger partial charge in [-0.15, -0.1) is 0 Å². The summed E-state index contributed by atoms with van der Waals surface area (Å²) in [6.07, 6.45) is 3.97. The lowest BCUT2D eigenvalue weighted by molar-refractivity contribution is -0.133. The lowest BCUT2D eigenvalue weighted by Gasteiger charge is -2.27. The van der Waals surface area contributed by atoms with Crippen LogP contribution in [-0.4, -0.2) is 74.9 Å². The van der Waals surface area contributed by atoms with Gasteiger partial charge in [-0.1, -0.05) is 34.6 Å². The van der Waals surface area contributed by atoms with Crippen LogP contribution in [0.25, 0.3) is 0 Å². The molecule has 0 aromatic carbocycles. The predicted octanol–water partition coefficient (Wildman–Crippen LogP) is 1.44. The Morgan fingerprint density at radius 3 is 2.34 bits per heavy atom. The van der Waals surface area contributed by atoms with E-state index in [1.807, 2.05) is 6.07 Å². The number of nitriles is 1. The summed E-state index contributed by atoms with van der Waals surface area (Å²) in [4.78, 5) is 45.9. The van der Waals surface area contributed by atoms with E-state index in [0.29, 0.717) is 42.8 Å². The molecule has 0 bridgehead atoms. The van der Waals surface area contributed by atoms with Gasteiger partial charge in [0.15, 0.2) is 0 Å². The Morgan fingerprint density at radius 2 is 1.88 bits per heavy atom. The number of aromatic amines is 1. The fourth-order valence-electron chi connectivity index (χ4n) is 5.32. The highest BCUT2D eigenvalue weighted by Crippen LogP contribution is 2.62. The van der Waals surface area contributed by atoms with Crippen LogP contribution in [0.2, 0.25) is 0 Å². The molecule has 4 atom stereocenters. The zero-order valence-corrected chi connectivity index (χ0v) is 26.3. The summed E-state index contributed by atoms with van der Waals surface area (Å²) in [5.41, 5.74) is 7.87. The highest BCUT2D eigenvalue weighted by atomic mass is 32.2. The highest BCUT2D eigenvalue weighted by Gasteiger charge is 2.62. The lowest BCUT2D eigenvalue weighted by Crippen LogP contribution is -2.36. The summed E-state index contributed by atoms with van der Waals surface area (Å²) in [5.74, 6) is 5.00. The second-order valence-electron chi connectivity index (χ2n) is 13.1. The molecule has 3 heterocycles. The van der Waals surface area contributed by atoms with E-state index in [0.717, 1.165) is 42.5 Å². The monoisotopic (exact) mass is 589 g/mol. The van der Waals surface area contributed by atoms with Crippen LogP contribution in [0, 0.1) is 34.0 Å². The third kappa shape index (κ3) is 10.3. The van der Waals surface area contributed by atoms with Gasteiger partial charge in [0.25, 0.3) is 5.56 Å². The minimum Gasteiger partial charge on any atom is -0.390 e. The minimum atomic E-state index is -2.17. The van der Waals surface area contributed by atoms with E-state index < -0.39 is 15.7 Å². The maximum atomic E-state index is 12.0. The fraction of sp³-hybridized carbons (Fsp3) is 0.655. The lowest BCUT2D eigenvalue weighted by atomic mass is 9.91. The largest absolute Gasteiger partial charge is 0.390 e. The van der Waals surface area contributed by atoms with Gasteiger partial charge in [-0.25, -0.2) is 0 Å². The summed E-state index contributed by atoms with van der Waals surface area (Å²) in [7, 11) is -2.17. The van der Waals surface area contributed by atoms with Crippen molar-refractivity contribution in [3.05, 3.63) is 33.2 Å². The molecule has 11 nitrogen and oxygen atoms in total. The molecule has 1 saturated heterocycles. The summed E-state index contributed by atoms with van der Waals surface area (Å²) in [6, 6.07) is 3.08. The number of fused-ring (bicyclic) bond motifs is 2. The first kappa shape index (κ1) is 34.0. The van der Waals surface area contributed by atoms with Crippen LogP contribution in [0.15, 0.2) is 15.9 Å². The van der Waals surface area contributed by atoms with Gasteiger partial charge in [0.2, 0.25) is 11.8 Å². The SMILES string of the molecule is C=S(C)(N)=O.CC(=O)N1CCc2[nH]c(=O)c(CC(C#N)N=CN)cc2C1.CC(C)(C)CC(=O)N1CC2[C@H](C1)C2(C)C. The Kier molecular flexibility index (Phi) is 11.0. The summed E-state index contributed by atoms with van der Waals surface area (Å²) < 4.78 is 9.85. The second-order valence-corrected chi connectivity index (χ2v) is 15.3. The fourth-order valence-corrected chi connectivity index (χ4v) is 5.32. The van der Waals surface area contributed by atoms with E-state index in [9.17, 15) is 18.6 Å². The van der Waals surface area contributed by atoms with Gasteiger partial charge in [0.05, 0.1) is 12.4 Å². The first-order chi connectivity index (χ1) is 18.8. The van der Waals surface area contributed by atoms with Gasteiger partial charge in [-0.2, -0.15) is 5.26 Å². The third-order valence-electron chi connectivity index (χ3n) is 7.72. The molecule has 12 heteroatoms. The predicted molar refractivity (Wildman–Crippen MR) is 164 cm³/mol.